The molecule has 9 nitrogen and oxygen atoms in total. The van der Waals surface area contributed by atoms with Gasteiger partial charge in [-0.1, -0.05) is 0 Å². The number of carbonyl (C=O) groups excluding carboxylic acids is 3. The van der Waals surface area contributed by atoms with Gasteiger partial charge in [-0.05, 0) is 69.3 Å². The summed E-state index contributed by atoms with van der Waals surface area (Å²) in [6.45, 7) is 8.87. The molecule has 0 saturated carbocycles. The number of rotatable bonds is 8. The van der Waals surface area contributed by atoms with Crippen LogP contribution in [0.2, 0.25) is 0 Å². The lowest BCUT2D eigenvalue weighted by atomic mass is 10.1. The van der Waals surface area contributed by atoms with Gasteiger partial charge in [0.2, 0.25) is 5.91 Å². The van der Waals surface area contributed by atoms with Gasteiger partial charge in [-0.15, -0.1) is 0 Å². The van der Waals surface area contributed by atoms with Crippen LogP contribution in [0.5, 0.6) is 0 Å². The third-order valence-corrected chi connectivity index (χ3v) is 5.84. The second-order valence-electron chi connectivity index (χ2n) is 9.98. The molecule has 4 amide bonds. The first-order valence-corrected chi connectivity index (χ1v) is 12.3. The van der Waals surface area contributed by atoms with E-state index < -0.39 is 5.82 Å². The van der Waals surface area contributed by atoms with E-state index in [1.165, 1.54) is 36.3 Å². The molecule has 2 N–H and O–H groups in total. The van der Waals surface area contributed by atoms with Crippen LogP contribution in [0.4, 0.5) is 20.6 Å². The number of hydrogen-bond donors (Lipinski definition) is 2. The smallest absolute Gasteiger partial charge is 0.317 e. The van der Waals surface area contributed by atoms with Crippen molar-refractivity contribution in [3.8, 4) is 0 Å². The van der Waals surface area contributed by atoms with Gasteiger partial charge in [-0.3, -0.25) is 9.59 Å². The molecule has 2 aromatic carbocycles. The number of piperazine rings is 1. The standard InChI is InChI=1S/C27H36FN5O4/c1-27(2,3)30-26(36)32-15-13-31(14-16-32)23-11-9-22(10-12-23)29-24(34)19-33(17-18-37-4)25(35)20-5-7-21(28)8-6-20/h5-12H,13-19H2,1-4H3,(H,29,34)(H,30,36). The van der Waals surface area contributed by atoms with Crippen LogP contribution in [0.3, 0.4) is 0 Å². The Hall–Kier alpha value is -3.66. The summed E-state index contributed by atoms with van der Waals surface area (Å²) in [7, 11) is 1.52. The van der Waals surface area contributed by atoms with E-state index in [1.54, 1.807) is 0 Å². The Morgan fingerprint density at radius 2 is 1.59 bits per heavy atom. The molecule has 0 radical (unpaired) electrons. The quantitative estimate of drug-likeness (QED) is 0.566. The molecule has 0 aromatic heterocycles. The largest absolute Gasteiger partial charge is 0.383 e. The summed E-state index contributed by atoms with van der Waals surface area (Å²) in [5, 5.41) is 5.82. The van der Waals surface area contributed by atoms with Crippen molar-refractivity contribution in [3.63, 3.8) is 0 Å². The number of carbonyl (C=O) groups is 3. The SMILES string of the molecule is COCCN(CC(=O)Nc1ccc(N2CCN(C(=O)NC(C)(C)C)CC2)cc1)C(=O)c1ccc(F)cc1. The lowest BCUT2D eigenvalue weighted by Gasteiger charge is -2.37. The predicted molar refractivity (Wildman–Crippen MR) is 141 cm³/mol. The third kappa shape index (κ3) is 8.45. The van der Waals surface area contributed by atoms with E-state index >= 15 is 0 Å². The fraction of sp³-hybridized carbons (Fsp3) is 0.444. The monoisotopic (exact) mass is 513 g/mol. The fourth-order valence-electron chi connectivity index (χ4n) is 3.93. The highest BCUT2D eigenvalue weighted by molar-refractivity contribution is 5.99. The van der Waals surface area contributed by atoms with Crippen molar-refractivity contribution in [1.29, 1.82) is 0 Å². The summed E-state index contributed by atoms with van der Waals surface area (Å²) >= 11 is 0. The van der Waals surface area contributed by atoms with E-state index in [2.05, 4.69) is 15.5 Å². The van der Waals surface area contributed by atoms with E-state index in [0.717, 1.165) is 5.69 Å². The van der Waals surface area contributed by atoms with Crippen LogP contribution in [0.1, 0.15) is 31.1 Å². The summed E-state index contributed by atoms with van der Waals surface area (Å²) < 4.78 is 18.3. The van der Waals surface area contributed by atoms with E-state index in [9.17, 15) is 18.8 Å². The number of halogens is 1. The van der Waals surface area contributed by atoms with E-state index in [-0.39, 0.29) is 43.1 Å². The van der Waals surface area contributed by atoms with Gasteiger partial charge >= 0.3 is 6.03 Å². The maximum Gasteiger partial charge on any atom is 0.317 e. The van der Waals surface area contributed by atoms with Gasteiger partial charge in [-0.2, -0.15) is 0 Å². The lowest BCUT2D eigenvalue weighted by Crippen LogP contribution is -2.55. The first-order valence-electron chi connectivity index (χ1n) is 12.3. The minimum Gasteiger partial charge on any atom is -0.383 e. The predicted octanol–water partition coefficient (Wildman–Crippen LogP) is 3.18. The molecule has 0 unspecified atom stereocenters. The van der Waals surface area contributed by atoms with Crippen molar-refractivity contribution in [1.82, 2.24) is 15.1 Å². The van der Waals surface area contributed by atoms with Crippen LogP contribution in [0, 0.1) is 5.82 Å². The number of anilines is 2. The molecule has 0 aliphatic carbocycles. The van der Waals surface area contributed by atoms with E-state index in [0.29, 0.717) is 37.4 Å². The number of nitrogens with zero attached hydrogens (tertiary/aromatic N) is 3. The van der Waals surface area contributed by atoms with E-state index in [4.69, 9.17) is 4.74 Å². The van der Waals surface area contributed by atoms with Gasteiger partial charge in [-0.25, -0.2) is 9.18 Å². The summed E-state index contributed by atoms with van der Waals surface area (Å²) in [5.74, 6) is -1.16. The first kappa shape index (κ1) is 27.9. The van der Waals surface area contributed by atoms with Crippen LogP contribution in [-0.4, -0.2) is 86.2 Å². The van der Waals surface area contributed by atoms with Crippen LogP contribution in [0.15, 0.2) is 48.5 Å². The van der Waals surface area contributed by atoms with Crippen molar-refractivity contribution >= 4 is 29.2 Å². The van der Waals surface area contributed by atoms with Crippen molar-refractivity contribution in [2.45, 2.75) is 26.3 Å². The average Bonchev–Trinajstić information content (AvgIpc) is 2.86. The summed E-state index contributed by atoms with van der Waals surface area (Å²) in [6, 6.07) is 12.6. The molecule has 1 aliphatic rings. The average molecular weight is 514 g/mol. The van der Waals surface area contributed by atoms with Crippen molar-refractivity contribution in [2.75, 3.05) is 63.2 Å². The van der Waals surface area contributed by atoms with Crippen LogP contribution < -0.4 is 15.5 Å². The maximum atomic E-state index is 13.2. The number of ether oxygens (including phenoxy) is 1. The Morgan fingerprint density at radius 3 is 2.16 bits per heavy atom. The highest BCUT2D eigenvalue weighted by Gasteiger charge is 2.24. The highest BCUT2D eigenvalue weighted by atomic mass is 19.1. The fourth-order valence-corrected chi connectivity index (χ4v) is 3.93. The van der Waals surface area contributed by atoms with Gasteiger partial charge in [0.1, 0.15) is 12.4 Å². The molecule has 37 heavy (non-hydrogen) atoms. The Labute approximate surface area is 217 Å². The number of urea groups is 1. The molecule has 0 spiro atoms. The number of methoxy groups -OCH3 is 1. The Kier molecular flexibility index (Phi) is 9.46. The van der Waals surface area contributed by atoms with Crippen LogP contribution in [0.25, 0.3) is 0 Å². The Bertz CT molecular complexity index is 1060. The second kappa shape index (κ2) is 12.5. The Balaban J connectivity index is 1.54. The number of amides is 4. The maximum absolute atomic E-state index is 13.2. The van der Waals surface area contributed by atoms with Gasteiger partial charge in [0.15, 0.2) is 0 Å². The van der Waals surface area contributed by atoms with Crippen molar-refractivity contribution in [3.05, 3.63) is 59.9 Å². The molecule has 1 saturated heterocycles. The number of benzene rings is 2. The molecule has 1 aliphatic heterocycles. The lowest BCUT2D eigenvalue weighted by molar-refractivity contribution is -0.117. The van der Waals surface area contributed by atoms with Gasteiger partial charge in [0, 0.05) is 62.3 Å². The van der Waals surface area contributed by atoms with Crippen molar-refractivity contribution in [2.24, 2.45) is 0 Å². The minimum absolute atomic E-state index is 0.0531. The first-order chi connectivity index (χ1) is 17.6. The summed E-state index contributed by atoms with van der Waals surface area (Å²) in [4.78, 5) is 43.3. The van der Waals surface area contributed by atoms with Gasteiger partial charge < -0.3 is 30.1 Å². The molecular weight excluding hydrogens is 477 g/mol. The van der Waals surface area contributed by atoms with Crippen LogP contribution in [-0.2, 0) is 9.53 Å². The topological polar surface area (TPSA) is 94.2 Å². The molecule has 1 fully saturated rings. The summed E-state index contributed by atoms with van der Waals surface area (Å²) in [6.07, 6.45) is 0. The normalized spacial score (nSPS) is 13.8. The van der Waals surface area contributed by atoms with Crippen LogP contribution >= 0.6 is 0 Å². The molecule has 10 heteroatoms. The number of nitrogens with one attached hydrogen (secondary N) is 2. The zero-order valence-electron chi connectivity index (χ0n) is 21.9. The highest BCUT2D eigenvalue weighted by Crippen LogP contribution is 2.20. The minimum atomic E-state index is -0.436. The molecule has 1 heterocycles. The molecular formula is C27H36FN5O4. The van der Waals surface area contributed by atoms with Gasteiger partial charge in [0.05, 0.1) is 6.61 Å². The Morgan fingerprint density at radius 1 is 0.973 bits per heavy atom. The second-order valence-corrected chi connectivity index (χ2v) is 9.98. The van der Waals surface area contributed by atoms with Gasteiger partial charge in [0.25, 0.3) is 5.91 Å². The zero-order valence-corrected chi connectivity index (χ0v) is 21.9. The molecule has 200 valence electrons. The molecule has 0 atom stereocenters. The molecule has 2 aromatic rings. The van der Waals surface area contributed by atoms with E-state index in [1.807, 2.05) is 49.9 Å². The molecule has 3 rings (SSSR count). The summed E-state index contributed by atoms with van der Waals surface area (Å²) in [5.41, 5.74) is 1.63. The molecule has 0 bridgehead atoms. The third-order valence-electron chi connectivity index (χ3n) is 5.84. The zero-order chi connectivity index (χ0) is 27.0. The number of hydrogen-bond acceptors (Lipinski definition) is 5. The van der Waals surface area contributed by atoms with Crippen molar-refractivity contribution < 1.29 is 23.5 Å².